The van der Waals surface area contributed by atoms with Crippen LogP contribution in [0.15, 0.2) is 48.5 Å². The summed E-state index contributed by atoms with van der Waals surface area (Å²) in [7, 11) is 0. The molecule has 0 N–H and O–H groups in total. The fourth-order valence-corrected chi connectivity index (χ4v) is 2.00. The molecule has 108 valence electrons. The molecule has 5 nitrogen and oxygen atoms in total. The van der Waals surface area contributed by atoms with Gasteiger partial charge in [-0.05, 0) is 18.1 Å². The number of nitrogens with zero attached hydrogens (tertiary/aromatic N) is 1. The Labute approximate surface area is 122 Å². The molecule has 0 radical (unpaired) electrons. The van der Waals surface area contributed by atoms with Gasteiger partial charge in [0.25, 0.3) is 0 Å². The number of aryl methyl sites for hydroxylation is 1. The van der Waals surface area contributed by atoms with Gasteiger partial charge in [0.05, 0.1) is 4.92 Å². The summed E-state index contributed by atoms with van der Waals surface area (Å²) >= 11 is 0. The largest absolute Gasteiger partial charge is 0.479 e. The van der Waals surface area contributed by atoms with Crippen molar-refractivity contribution in [1.82, 2.24) is 0 Å². The fourth-order valence-electron chi connectivity index (χ4n) is 2.00. The molecule has 0 unspecified atom stereocenters. The van der Waals surface area contributed by atoms with Crippen molar-refractivity contribution in [3.05, 3.63) is 69.8 Å². The average Bonchev–Trinajstić information content (AvgIpc) is 2.46. The minimum atomic E-state index is -0.510. The molecule has 0 bridgehead atoms. The number of para-hydroxylation sites is 1. The predicted molar refractivity (Wildman–Crippen MR) is 78.5 cm³/mol. The number of hydrogen-bond acceptors (Lipinski definition) is 4. The van der Waals surface area contributed by atoms with Crippen LogP contribution in [0.2, 0.25) is 0 Å². The Balaban J connectivity index is 2.03. The second kappa shape index (κ2) is 6.65. The van der Waals surface area contributed by atoms with Crippen LogP contribution < -0.4 is 4.74 Å². The normalized spacial score (nSPS) is 10.1. The SMILES string of the molecule is Cc1cccc([N+](=O)[O-])c1OCC(=O)Cc1ccccc1. The highest BCUT2D eigenvalue weighted by molar-refractivity contribution is 5.82. The van der Waals surface area contributed by atoms with Crippen LogP contribution in [0.25, 0.3) is 0 Å². The number of Topliss-reactive ketones (excluding diaryl/α,β-unsaturated/α-hetero) is 1. The molecular formula is C16H15NO4. The fraction of sp³-hybridized carbons (Fsp3) is 0.188. The van der Waals surface area contributed by atoms with Crippen LogP contribution in [0.5, 0.6) is 5.75 Å². The number of ketones is 1. The summed E-state index contributed by atoms with van der Waals surface area (Å²) in [6.45, 7) is 1.53. The van der Waals surface area contributed by atoms with Gasteiger partial charge in [0.15, 0.2) is 11.5 Å². The zero-order chi connectivity index (χ0) is 15.2. The number of nitro benzene ring substituents is 1. The summed E-state index contributed by atoms with van der Waals surface area (Å²) in [4.78, 5) is 22.3. The Bertz CT molecular complexity index is 653. The van der Waals surface area contributed by atoms with E-state index in [1.165, 1.54) is 6.07 Å². The van der Waals surface area contributed by atoms with E-state index in [-0.39, 0.29) is 30.2 Å². The third kappa shape index (κ3) is 3.89. The Morgan fingerprint density at radius 1 is 1.14 bits per heavy atom. The van der Waals surface area contributed by atoms with E-state index in [1.807, 2.05) is 30.3 Å². The topological polar surface area (TPSA) is 69.4 Å². The van der Waals surface area contributed by atoms with Crippen molar-refractivity contribution in [3.63, 3.8) is 0 Å². The second-order valence-corrected chi connectivity index (χ2v) is 4.67. The molecule has 2 aromatic rings. The maximum absolute atomic E-state index is 11.9. The van der Waals surface area contributed by atoms with Gasteiger partial charge < -0.3 is 4.74 Å². The van der Waals surface area contributed by atoms with E-state index in [9.17, 15) is 14.9 Å². The summed E-state index contributed by atoms with van der Waals surface area (Å²) in [5.74, 6) is 0.0302. The maximum atomic E-state index is 11.9. The molecule has 5 heteroatoms. The first-order valence-electron chi connectivity index (χ1n) is 6.50. The summed E-state index contributed by atoms with van der Waals surface area (Å²) < 4.78 is 5.37. The van der Waals surface area contributed by atoms with E-state index in [2.05, 4.69) is 0 Å². The Morgan fingerprint density at radius 2 is 1.86 bits per heavy atom. The van der Waals surface area contributed by atoms with Crippen LogP contribution in [0.4, 0.5) is 5.69 Å². The molecule has 0 amide bonds. The molecule has 0 fully saturated rings. The number of rotatable bonds is 6. The molecular weight excluding hydrogens is 270 g/mol. The van der Waals surface area contributed by atoms with Crippen molar-refractivity contribution in [2.75, 3.05) is 6.61 Å². The molecule has 0 heterocycles. The summed E-state index contributed by atoms with van der Waals surface area (Å²) in [6, 6.07) is 14.0. The number of nitro groups is 1. The molecule has 2 aromatic carbocycles. The molecule has 0 aliphatic carbocycles. The number of hydrogen-bond donors (Lipinski definition) is 0. The highest BCUT2D eigenvalue weighted by Gasteiger charge is 2.18. The van der Waals surface area contributed by atoms with Crippen LogP contribution in [0.3, 0.4) is 0 Å². The van der Waals surface area contributed by atoms with Gasteiger partial charge in [0.1, 0.15) is 6.61 Å². The third-order valence-corrected chi connectivity index (χ3v) is 3.01. The van der Waals surface area contributed by atoms with E-state index in [1.54, 1.807) is 19.1 Å². The van der Waals surface area contributed by atoms with Crippen molar-refractivity contribution in [3.8, 4) is 5.75 Å². The van der Waals surface area contributed by atoms with Gasteiger partial charge in [-0.25, -0.2) is 0 Å². The first kappa shape index (κ1) is 14.7. The molecule has 0 aliphatic heterocycles. The van der Waals surface area contributed by atoms with Crippen LogP contribution >= 0.6 is 0 Å². The molecule has 0 spiro atoms. The molecule has 0 aromatic heterocycles. The van der Waals surface area contributed by atoms with Gasteiger partial charge in [-0.1, -0.05) is 42.5 Å². The van der Waals surface area contributed by atoms with Gasteiger partial charge in [0.2, 0.25) is 0 Å². The molecule has 21 heavy (non-hydrogen) atoms. The minimum Gasteiger partial charge on any atom is -0.479 e. The van der Waals surface area contributed by atoms with Crippen LogP contribution in [0.1, 0.15) is 11.1 Å². The monoisotopic (exact) mass is 285 g/mol. The number of ether oxygens (including phenoxy) is 1. The zero-order valence-corrected chi connectivity index (χ0v) is 11.6. The van der Waals surface area contributed by atoms with E-state index in [0.29, 0.717) is 5.56 Å². The Hall–Kier alpha value is -2.69. The van der Waals surface area contributed by atoms with Gasteiger partial charge in [0, 0.05) is 12.5 Å². The zero-order valence-electron chi connectivity index (χ0n) is 11.6. The predicted octanol–water partition coefficient (Wildman–Crippen LogP) is 3.09. The number of carbonyl (C=O) groups is 1. The number of carbonyl (C=O) groups excluding carboxylic acids is 1. The molecule has 0 atom stereocenters. The van der Waals surface area contributed by atoms with Crippen LogP contribution in [0, 0.1) is 17.0 Å². The average molecular weight is 285 g/mol. The number of benzene rings is 2. The van der Waals surface area contributed by atoms with Crippen molar-refractivity contribution in [1.29, 1.82) is 0 Å². The Morgan fingerprint density at radius 3 is 2.52 bits per heavy atom. The minimum absolute atomic E-state index is 0.123. The van der Waals surface area contributed by atoms with Gasteiger partial charge in [-0.2, -0.15) is 0 Å². The van der Waals surface area contributed by atoms with E-state index in [0.717, 1.165) is 5.56 Å². The maximum Gasteiger partial charge on any atom is 0.311 e. The van der Waals surface area contributed by atoms with Crippen molar-refractivity contribution >= 4 is 11.5 Å². The lowest BCUT2D eigenvalue weighted by atomic mass is 10.1. The van der Waals surface area contributed by atoms with E-state index >= 15 is 0 Å². The van der Waals surface area contributed by atoms with Crippen molar-refractivity contribution in [2.24, 2.45) is 0 Å². The smallest absolute Gasteiger partial charge is 0.311 e. The highest BCUT2D eigenvalue weighted by atomic mass is 16.6. The van der Waals surface area contributed by atoms with E-state index < -0.39 is 4.92 Å². The first-order chi connectivity index (χ1) is 10.1. The van der Waals surface area contributed by atoms with Crippen molar-refractivity contribution in [2.45, 2.75) is 13.3 Å². The quantitative estimate of drug-likeness (QED) is 0.604. The lowest BCUT2D eigenvalue weighted by Crippen LogP contribution is -2.14. The summed E-state index contributed by atoms with van der Waals surface area (Å²) in [5.41, 5.74) is 1.41. The molecule has 0 saturated carbocycles. The second-order valence-electron chi connectivity index (χ2n) is 4.67. The van der Waals surface area contributed by atoms with Gasteiger partial charge >= 0.3 is 5.69 Å². The Kier molecular flexibility index (Phi) is 4.66. The lowest BCUT2D eigenvalue weighted by Gasteiger charge is -2.08. The standard InChI is InChI=1S/C16H15NO4/c1-12-6-5-9-15(17(19)20)16(12)21-11-14(18)10-13-7-3-2-4-8-13/h2-9H,10-11H2,1H3. The molecule has 0 aliphatic rings. The molecule has 0 saturated heterocycles. The third-order valence-electron chi connectivity index (χ3n) is 3.01. The van der Waals surface area contributed by atoms with Crippen LogP contribution in [-0.4, -0.2) is 17.3 Å². The van der Waals surface area contributed by atoms with Gasteiger partial charge in [-0.3, -0.25) is 14.9 Å². The summed E-state index contributed by atoms with van der Waals surface area (Å²) in [6.07, 6.45) is 0.251. The van der Waals surface area contributed by atoms with Crippen molar-refractivity contribution < 1.29 is 14.5 Å². The van der Waals surface area contributed by atoms with Crippen LogP contribution in [-0.2, 0) is 11.2 Å². The highest BCUT2D eigenvalue weighted by Crippen LogP contribution is 2.30. The first-order valence-corrected chi connectivity index (χ1v) is 6.50. The molecule has 2 rings (SSSR count). The van der Waals surface area contributed by atoms with Gasteiger partial charge in [-0.15, -0.1) is 0 Å². The lowest BCUT2D eigenvalue weighted by molar-refractivity contribution is -0.385. The summed E-state index contributed by atoms with van der Waals surface area (Å²) in [5, 5.41) is 11.0. The van der Waals surface area contributed by atoms with E-state index in [4.69, 9.17) is 4.74 Å².